The summed E-state index contributed by atoms with van der Waals surface area (Å²) in [5.41, 5.74) is 1.10. The second-order valence-corrected chi connectivity index (χ2v) is 3.98. The summed E-state index contributed by atoms with van der Waals surface area (Å²) in [6.07, 6.45) is 5.25. The lowest BCUT2D eigenvalue weighted by molar-refractivity contribution is -0.111. The fraction of sp³-hybridized carbons (Fsp3) is 0.273. The van der Waals surface area contributed by atoms with Crippen LogP contribution in [0.3, 0.4) is 0 Å². The zero-order valence-electron chi connectivity index (χ0n) is 9.13. The average Bonchev–Trinajstić information content (AvgIpc) is 3.08. The van der Waals surface area contributed by atoms with Crippen molar-refractivity contribution in [3.05, 3.63) is 30.6 Å². The predicted octanol–water partition coefficient (Wildman–Crippen LogP) is 1.13. The van der Waals surface area contributed by atoms with Crippen LogP contribution in [0.15, 0.2) is 24.9 Å². The molecule has 1 aliphatic carbocycles. The zero-order chi connectivity index (χ0) is 11.8. The standard InChI is InChI=1S/C11H11N5O/c1-2-9(17)13-10-14-11-12-6-5-8(7-3-4-7)16(11)15-10/h2,5-7H,1,3-4H2,(H,13,15,17). The SMILES string of the molecule is C=CC(=O)Nc1nc2nccc(C3CC3)n2n1. The van der Waals surface area contributed by atoms with Gasteiger partial charge in [0.05, 0.1) is 5.69 Å². The predicted molar refractivity (Wildman–Crippen MR) is 61.6 cm³/mol. The largest absolute Gasteiger partial charge is 0.290 e. The number of anilines is 1. The molecule has 0 spiro atoms. The summed E-state index contributed by atoms with van der Waals surface area (Å²) in [7, 11) is 0. The first kappa shape index (κ1) is 9.95. The summed E-state index contributed by atoms with van der Waals surface area (Å²) >= 11 is 0. The molecule has 6 nitrogen and oxygen atoms in total. The monoisotopic (exact) mass is 229 g/mol. The van der Waals surface area contributed by atoms with Crippen LogP contribution in [0.2, 0.25) is 0 Å². The van der Waals surface area contributed by atoms with E-state index in [0.29, 0.717) is 11.7 Å². The van der Waals surface area contributed by atoms with Crippen molar-refractivity contribution in [3.8, 4) is 0 Å². The Morgan fingerprint density at radius 2 is 2.41 bits per heavy atom. The molecule has 1 saturated carbocycles. The first-order valence-electron chi connectivity index (χ1n) is 5.43. The highest BCUT2D eigenvalue weighted by molar-refractivity contribution is 5.97. The Morgan fingerprint density at radius 1 is 1.59 bits per heavy atom. The number of aromatic nitrogens is 4. The number of hydrogen-bond acceptors (Lipinski definition) is 4. The molecule has 0 aliphatic heterocycles. The van der Waals surface area contributed by atoms with Gasteiger partial charge in [-0.25, -0.2) is 4.98 Å². The minimum atomic E-state index is -0.325. The Balaban J connectivity index is 2.02. The van der Waals surface area contributed by atoms with Gasteiger partial charge in [-0.15, -0.1) is 5.10 Å². The van der Waals surface area contributed by atoms with Crippen molar-refractivity contribution >= 4 is 17.6 Å². The number of carbonyl (C=O) groups is 1. The quantitative estimate of drug-likeness (QED) is 0.801. The van der Waals surface area contributed by atoms with E-state index < -0.39 is 0 Å². The Morgan fingerprint density at radius 3 is 3.12 bits per heavy atom. The number of rotatable bonds is 3. The second-order valence-electron chi connectivity index (χ2n) is 3.98. The van der Waals surface area contributed by atoms with E-state index in [1.807, 2.05) is 6.07 Å². The molecule has 0 unspecified atom stereocenters. The summed E-state index contributed by atoms with van der Waals surface area (Å²) in [4.78, 5) is 19.4. The molecule has 1 aliphatic rings. The van der Waals surface area contributed by atoms with Crippen molar-refractivity contribution < 1.29 is 4.79 Å². The highest BCUT2D eigenvalue weighted by Gasteiger charge is 2.27. The van der Waals surface area contributed by atoms with Gasteiger partial charge in [0.15, 0.2) is 0 Å². The third kappa shape index (κ3) is 1.77. The maximum atomic E-state index is 11.2. The fourth-order valence-corrected chi connectivity index (χ4v) is 1.71. The van der Waals surface area contributed by atoms with E-state index in [-0.39, 0.29) is 11.9 Å². The molecule has 2 aromatic heterocycles. The highest BCUT2D eigenvalue weighted by atomic mass is 16.1. The van der Waals surface area contributed by atoms with Gasteiger partial charge in [-0.2, -0.15) is 9.50 Å². The van der Waals surface area contributed by atoms with E-state index in [4.69, 9.17) is 0 Å². The van der Waals surface area contributed by atoms with Crippen LogP contribution in [0.5, 0.6) is 0 Å². The third-order valence-corrected chi connectivity index (χ3v) is 2.69. The fourth-order valence-electron chi connectivity index (χ4n) is 1.71. The second kappa shape index (κ2) is 3.65. The number of carbonyl (C=O) groups excluding carboxylic acids is 1. The van der Waals surface area contributed by atoms with Crippen molar-refractivity contribution in [3.63, 3.8) is 0 Å². The number of amides is 1. The van der Waals surface area contributed by atoms with Gasteiger partial charge in [0.2, 0.25) is 5.91 Å². The van der Waals surface area contributed by atoms with Crippen molar-refractivity contribution in [2.75, 3.05) is 5.32 Å². The maximum absolute atomic E-state index is 11.2. The van der Waals surface area contributed by atoms with Crippen LogP contribution >= 0.6 is 0 Å². The number of nitrogens with zero attached hydrogens (tertiary/aromatic N) is 4. The first-order chi connectivity index (χ1) is 8.28. The summed E-state index contributed by atoms with van der Waals surface area (Å²) in [5, 5.41) is 6.75. The molecular formula is C11H11N5O. The van der Waals surface area contributed by atoms with Crippen molar-refractivity contribution in [2.24, 2.45) is 0 Å². The van der Waals surface area contributed by atoms with Gasteiger partial charge >= 0.3 is 0 Å². The van der Waals surface area contributed by atoms with Crippen LogP contribution in [-0.2, 0) is 4.79 Å². The molecule has 2 aromatic rings. The zero-order valence-corrected chi connectivity index (χ0v) is 9.13. The van der Waals surface area contributed by atoms with E-state index in [0.717, 1.165) is 5.69 Å². The van der Waals surface area contributed by atoms with Crippen LogP contribution in [0, 0.1) is 0 Å². The molecular weight excluding hydrogens is 218 g/mol. The highest BCUT2D eigenvalue weighted by Crippen LogP contribution is 2.39. The van der Waals surface area contributed by atoms with Gasteiger partial charge in [0.25, 0.3) is 11.7 Å². The molecule has 17 heavy (non-hydrogen) atoms. The summed E-state index contributed by atoms with van der Waals surface area (Å²) in [6, 6.07) is 1.94. The van der Waals surface area contributed by atoms with Gasteiger partial charge < -0.3 is 0 Å². The summed E-state index contributed by atoms with van der Waals surface area (Å²) in [5.74, 6) is 0.989. The number of fused-ring (bicyclic) bond motifs is 1. The van der Waals surface area contributed by atoms with Crippen molar-refractivity contribution in [1.29, 1.82) is 0 Å². The molecule has 0 bridgehead atoms. The number of nitrogens with one attached hydrogen (secondary N) is 1. The topological polar surface area (TPSA) is 72.2 Å². The molecule has 6 heteroatoms. The Labute approximate surface area is 97.4 Å². The Bertz CT molecular complexity index is 599. The molecule has 1 amide bonds. The van der Waals surface area contributed by atoms with Crippen molar-refractivity contribution in [1.82, 2.24) is 19.6 Å². The van der Waals surface area contributed by atoms with E-state index >= 15 is 0 Å². The average molecular weight is 229 g/mol. The molecule has 0 atom stereocenters. The molecule has 0 saturated heterocycles. The lowest BCUT2D eigenvalue weighted by Crippen LogP contribution is -2.08. The molecule has 0 radical (unpaired) electrons. The molecule has 1 fully saturated rings. The lowest BCUT2D eigenvalue weighted by atomic mass is 10.3. The van der Waals surface area contributed by atoms with Gasteiger partial charge in [-0.05, 0) is 25.0 Å². The normalized spacial score (nSPS) is 14.8. The van der Waals surface area contributed by atoms with Crippen molar-refractivity contribution in [2.45, 2.75) is 18.8 Å². The Kier molecular flexibility index (Phi) is 2.14. The third-order valence-electron chi connectivity index (χ3n) is 2.69. The van der Waals surface area contributed by atoms with E-state index in [2.05, 4.69) is 27.0 Å². The van der Waals surface area contributed by atoms with E-state index in [1.54, 1.807) is 10.7 Å². The van der Waals surface area contributed by atoms with E-state index in [9.17, 15) is 4.79 Å². The van der Waals surface area contributed by atoms with Gasteiger partial charge in [0.1, 0.15) is 0 Å². The van der Waals surface area contributed by atoms with Crippen LogP contribution in [0.4, 0.5) is 5.95 Å². The van der Waals surface area contributed by atoms with Crippen LogP contribution < -0.4 is 5.32 Å². The van der Waals surface area contributed by atoms with E-state index in [1.165, 1.54) is 18.9 Å². The Hall–Kier alpha value is -2.24. The van der Waals surface area contributed by atoms with Gasteiger partial charge in [-0.3, -0.25) is 10.1 Å². The molecule has 86 valence electrons. The van der Waals surface area contributed by atoms with Crippen LogP contribution in [0.1, 0.15) is 24.5 Å². The molecule has 1 N–H and O–H groups in total. The van der Waals surface area contributed by atoms with Gasteiger partial charge in [-0.1, -0.05) is 6.58 Å². The summed E-state index contributed by atoms with van der Waals surface area (Å²) < 4.78 is 1.69. The van der Waals surface area contributed by atoms with Crippen LogP contribution in [-0.4, -0.2) is 25.5 Å². The van der Waals surface area contributed by atoms with Gasteiger partial charge in [0, 0.05) is 12.1 Å². The molecule has 0 aromatic carbocycles. The molecule has 2 heterocycles. The lowest BCUT2D eigenvalue weighted by Gasteiger charge is -1.98. The maximum Gasteiger partial charge on any atom is 0.254 e. The smallest absolute Gasteiger partial charge is 0.254 e. The minimum Gasteiger partial charge on any atom is -0.290 e. The number of hydrogen-bond donors (Lipinski definition) is 1. The summed E-state index contributed by atoms with van der Waals surface area (Å²) in [6.45, 7) is 3.38. The molecule has 3 rings (SSSR count). The first-order valence-corrected chi connectivity index (χ1v) is 5.43. The minimum absolute atomic E-state index is 0.260. The van der Waals surface area contributed by atoms with Crippen LogP contribution in [0.25, 0.3) is 5.78 Å².